The molecule has 1 aromatic carbocycles. The second-order valence-electron chi connectivity index (χ2n) is 5.51. The van der Waals surface area contributed by atoms with Gasteiger partial charge in [-0.1, -0.05) is 0 Å². The molecule has 4 heteroatoms. The molecule has 0 heterocycles. The SMILES string of the molecule is Cc1c(N)c(C)c(C(=O)OC(C)(C)C)c(C)c1S. The van der Waals surface area contributed by atoms with Crippen LogP contribution in [0.25, 0.3) is 0 Å². The highest BCUT2D eigenvalue weighted by molar-refractivity contribution is 7.80. The first-order chi connectivity index (χ1) is 8.06. The average Bonchev–Trinajstić information content (AvgIpc) is 2.21. The van der Waals surface area contributed by atoms with E-state index in [1.54, 1.807) is 0 Å². The van der Waals surface area contributed by atoms with E-state index < -0.39 is 5.60 Å². The Labute approximate surface area is 114 Å². The molecule has 0 saturated heterocycles. The number of hydrogen-bond acceptors (Lipinski definition) is 4. The number of carbonyl (C=O) groups is 1. The summed E-state index contributed by atoms with van der Waals surface area (Å²) in [6, 6.07) is 0. The van der Waals surface area contributed by atoms with Gasteiger partial charge in [-0.25, -0.2) is 4.79 Å². The van der Waals surface area contributed by atoms with Gasteiger partial charge in [-0.2, -0.15) is 0 Å². The molecule has 2 N–H and O–H groups in total. The van der Waals surface area contributed by atoms with E-state index in [1.807, 2.05) is 41.5 Å². The van der Waals surface area contributed by atoms with E-state index in [2.05, 4.69) is 12.6 Å². The second kappa shape index (κ2) is 4.84. The summed E-state index contributed by atoms with van der Waals surface area (Å²) in [5.74, 6) is -0.348. The summed E-state index contributed by atoms with van der Waals surface area (Å²) in [6.07, 6.45) is 0. The summed E-state index contributed by atoms with van der Waals surface area (Å²) in [4.78, 5) is 13.0. The number of nitrogen functional groups attached to an aromatic ring is 1. The molecule has 0 amide bonds. The van der Waals surface area contributed by atoms with Crippen LogP contribution in [0, 0.1) is 20.8 Å². The predicted octanol–water partition coefficient (Wildman–Crippen LogP) is 3.44. The first-order valence-electron chi connectivity index (χ1n) is 5.87. The van der Waals surface area contributed by atoms with E-state index in [4.69, 9.17) is 10.5 Å². The van der Waals surface area contributed by atoms with Gasteiger partial charge in [0.25, 0.3) is 0 Å². The van der Waals surface area contributed by atoms with Gasteiger partial charge in [-0.05, 0) is 58.2 Å². The fourth-order valence-electron chi connectivity index (χ4n) is 1.86. The molecule has 0 spiro atoms. The number of hydrogen-bond donors (Lipinski definition) is 2. The van der Waals surface area contributed by atoms with Gasteiger partial charge in [-0.15, -0.1) is 12.6 Å². The Morgan fingerprint density at radius 2 is 1.61 bits per heavy atom. The average molecular weight is 267 g/mol. The minimum absolute atomic E-state index is 0.348. The van der Waals surface area contributed by atoms with Crippen LogP contribution in [0.3, 0.4) is 0 Å². The maximum absolute atomic E-state index is 12.2. The van der Waals surface area contributed by atoms with Gasteiger partial charge in [0.05, 0.1) is 5.56 Å². The molecule has 3 nitrogen and oxygen atoms in total. The number of anilines is 1. The van der Waals surface area contributed by atoms with Crippen LogP contribution in [0.15, 0.2) is 4.90 Å². The van der Waals surface area contributed by atoms with E-state index in [0.717, 1.165) is 21.6 Å². The molecule has 0 radical (unpaired) electrons. The molecule has 0 unspecified atom stereocenters. The zero-order valence-electron chi connectivity index (χ0n) is 11.8. The number of nitrogens with two attached hydrogens (primary N) is 1. The summed E-state index contributed by atoms with van der Waals surface area (Å²) in [6.45, 7) is 11.1. The van der Waals surface area contributed by atoms with Gasteiger partial charge < -0.3 is 10.5 Å². The predicted molar refractivity (Wildman–Crippen MR) is 77.5 cm³/mol. The van der Waals surface area contributed by atoms with Crippen molar-refractivity contribution in [2.45, 2.75) is 52.0 Å². The number of benzene rings is 1. The molecular weight excluding hydrogens is 246 g/mol. The van der Waals surface area contributed by atoms with E-state index in [-0.39, 0.29) is 5.97 Å². The van der Waals surface area contributed by atoms with Crippen LogP contribution in [-0.2, 0) is 4.74 Å². The minimum atomic E-state index is -0.521. The van der Waals surface area contributed by atoms with Crippen LogP contribution < -0.4 is 5.73 Å². The highest BCUT2D eigenvalue weighted by Gasteiger charge is 2.24. The monoisotopic (exact) mass is 267 g/mol. The van der Waals surface area contributed by atoms with Crippen molar-refractivity contribution in [2.24, 2.45) is 0 Å². The molecule has 0 aromatic heterocycles. The van der Waals surface area contributed by atoms with Crippen LogP contribution in [0.5, 0.6) is 0 Å². The fourth-order valence-corrected chi connectivity index (χ4v) is 2.09. The minimum Gasteiger partial charge on any atom is -0.456 e. The van der Waals surface area contributed by atoms with E-state index >= 15 is 0 Å². The number of esters is 1. The van der Waals surface area contributed by atoms with E-state index in [1.165, 1.54) is 0 Å². The van der Waals surface area contributed by atoms with Crippen molar-refractivity contribution in [3.8, 4) is 0 Å². The Morgan fingerprint density at radius 1 is 1.11 bits per heavy atom. The van der Waals surface area contributed by atoms with Crippen LogP contribution in [0.4, 0.5) is 5.69 Å². The Balaban J connectivity index is 3.38. The lowest BCUT2D eigenvalue weighted by Gasteiger charge is -2.22. The van der Waals surface area contributed by atoms with Gasteiger partial charge in [0.15, 0.2) is 0 Å². The highest BCUT2D eigenvalue weighted by atomic mass is 32.1. The van der Waals surface area contributed by atoms with Gasteiger partial charge in [-0.3, -0.25) is 0 Å². The van der Waals surface area contributed by atoms with Crippen molar-refractivity contribution >= 4 is 24.3 Å². The van der Waals surface area contributed by atoms with Crippen molar-refractivity contribution in [3.05, 3.63) is 22.3 Å². The number of thiol groups is 1. The largest absolute Gasteiger partial charge is 0.456 e. The quantitative estimate of drug-likeness (QED) is 0.465. The Hall–Kier alpha value is -1.16. The summed E-state index contributed by atoms with van der Waals surface area (Å²) >= 11 is 4.42. The smallest absolute Gasteiger partial charge is 0.339 e. The van der Waals surface area contributed by atoms with Gasteiger partial charge in [0.2, 0.25) is 0 Å². The normalized spacial score (nSPS) is 11.5. The van der Waals surface area contributed by atoms with Crippen molar-refractivity contribution in [3.63, 3.8) is 0 Å². The maximum atomic E-state index is 12.2. The summed E-state index contributed by atoms with van der Waals surface area (Å²) in [7, 11) is 0. The van der Waals surface area contributed by atoms with Gasteiger partial charge in [0, 0.05) is 10.6 Å². The molecule has 0 aliphatic heterocycles. The third kappa shape index (κ3) is 2.80. The van der Waals surface area contributed by atoms with Gasteiger partial charge >= 0.3 is 5.97 Å². The first-order valence-corrected chi connectivity index (χ1v) is 6.32. The lowest BCUT2D eigenvalue weighted by Crippen LogP contribution is -2.25. The van der Waals surface area contributed by atoms with Gasteiger partial charge in [0.1, 0.15) is 5.60 Å². The Bertz CT molecular complexity index is 472. The maximum Gasteiger partial charge on any atom is 0.339 e. The molecular formula is C14H21NO2S. The lowest BCUT2D eigenvalue weighted by molar-refractivity contribution is 0.00677. The molecule has 0 atom stereocenters. The molecule has 1 aromatic rings. The number of rotatable bonds is 1. The Morgan fingerprint density at radius 3 is 2.06 bits per heavy atom. The molecule has 0 aliphatic rings. The van der Waals surface area contributed by atoms with Crippen LogP contribution in [0.1, 0.15) is 47.8 Å². The van der Waals surface area contributed by atoms with E-state index in [9.17, 15) is 4.79 Å². The van der Waals surface area contributed by atoms with E-state index in [0.29, 0.717) is 11.3 Å². The highest BCUT2D eigenvalue weighted by Crippen LogP contribution is 2.32. The van der Waals surface area contributed by atoms with Crippen molar-refractivity contribution in [1.29, 1.82) is 0 Å². The fraction of sp³-hybridized carbons (Fsp3) is 0.500. The summed E-state index contributed by atoms with van der Waals surface area (Å²) in [5.41, 5.74) is 9.09. The van der Waals surface area contributed by atoms with Crippen LogP contribution >= 0.6 is 12.6 Å². The molecule has 0 fully saturated rings. The van der Waals surface area contributed by atoms with Crippen LogP contribution in [-0.4, -0.2) is 11.6 Å². The topological polar surface area (TPSA) is 52.3 Å². The molecule has 100 valence electrons. The second-order valence-corrected chi connectivity index (χ2v) is 5.96. The third-order valence-corrected chi connectivity index (χ3v) is 3.54. The third-order valence-electron chi connectivity index (χ3n) is 2.87. The van der Waals surface area contributed by atoms with Crippen molar-refractivity contribution in [1.82, 2.24) is 0 Å². The van der Waals surface area contributed by atoms with Crippen molar-refractivity contribution < 1.29 is 9.53 Å². The zero-order valence-corrected chi connectivity index (χ0v) is 12.7. The number of carbonyl (C=O) groups excluding carboxylic acids is 1. The Kier molecular flexibility index (Phi) is 4.01. The number of ether oxygens (including phenoxy) is 1. The summed E-state index contributed by atoms with van der Waals surface area (Å²) < 4.78 is 5.41. The molecule has 0 bridgehead atoms. The zero-order chi connectivity index (χ0) is 14.2. The van der Waals surface area contributed by atoms with Crippen molar-refractivity contribution in [2.75, 3.05) is 5.73 Å². The molecule has 1 rings (SSSR count). The molecule has 0 saturated carbocycles. The molecule has 0 aliphatic carbocycles. The van der Waals surface area contributed by atoms with Crippen LogP contribution in [0.2, 0.25) is 0 Å². The lowest BCUT2D eigenvalue weighted by atomic mass is 9.97. The standard InChI is InChI=1S/C14H21NO2S/c1-7-10(13(16)17-14(4,5)6)8(2)12(18)9(3)11(7)15/h18H,15H2,1-6H3. The summed E-state index contributed by atoms with van der Waals surface area (Å²) in [5, 5.41) is 0. The molecule has 18 heavy (non-hydrogen) atoms. The first kappa shape index (κ1) is 14.9.